The first-order valence-corrected chi connectivity index (χ1v) is 6.41. The first-order chi connectivity index (χ1) is 9.63. The van der Waals surface area contributed by atoms with Crippen LogP contribution in [0.15, 0.2) is 42.5 Å². The molecule has 20 heavy (non-hydrogen) atoms. The Hall–Kier alpha value is -2.07. The van der Waals surface area contributed by atoms with Gasteiger partial charge >= 0.3 is 0 Å². The van der Waals surface area contributed by atoms with Gasteiger partial charge in [0.05, 0.1) is 19.8 Å². The summed E-state index contributed by atoms with van der Waals surface area (Å²) >= 11 is 0. The summed E-state index contributed by atoms with van der Waals surface area (Å²) in [4.78, 5) is 0. The van der Waals surface area contributed by atoms with Crippen LogP contribution in [0.25, 0.3) is 0 Å². The molecule has 2 N–H and O–H groups in total. The Kier molecular flexibility index (Phi) is 4.58. The van der Waals surface area contributed by atoms with Gasteiger partial charge < -0.3 is 15.2 Å². The number of hydrogen-bond acceptors (Lipinski definition) is 3. The van der Waals surface area contributed by atoms with Gasteiger partial charge in [-0.25, -0.2) is 4.39 Å². The molecule has 2 aromatic rings. The van der Waals surface area contributed by atoms with Gasteiger partial charge in [0.2, 0.25) is 0 Å². The third kappa shape index (κ3) is 3.27. The maximum atomic E-state index is 13.6. The first-order valence-electron chi connectivity index (χ1n) is 6.41. The highest BCUT2D eigenvalue weighted by Crippen LogP contribution is 2.23. The average molecular weight is 275 g/mol. The van der Waals surface area contributed by atoms with Crippen molar-refractivity contribution in [3.05, 3.63) is 59.4 Å². The Morgan fingerprint density at radius 3 is 2.70 bits per heavy atom. The topological polar surface area (TPSA) is 41.5 Å². The molecule has 0 aliphatic heterocycles. The zero-order chi connectivity index (χ0) is 14.5. The van der Waals surface area contributed by atoms with E-state index in [1.54, 1.807) is 20.1 Å². The molecule has 2 aromatic carbocycles. The molecule has 4 heteroatoms. The lowest BCUT2D eigenvalue weighted by atomic mass is 10.0. The maximum absolute atomic E-state index is 13.6. The summed E-state index contributed by atoms with van der Waals surface area (Å²) in [5.41, 5.74) is 2.11. The van der Waals surface area contributed by atoms with Crippen LogP contribution in [0.2, 0.25) is 0 Å². The number of hydrogen-bond donors (Lipinski definition) is 2. The molecular weight excluding hydrogens is 257 g/mol. The molecule has 1 atom stereocenters. The Morgan fingerprint density at radius 1 is 1.25 bits per heavy atom. The summed E-state index contributed by atoms with van der Waals surface area (Å²) in [6, 6.07) is 12.0. The second-order valence-electron chi connectivity index (χ2n) is 4.62. The second kappa shape index (κ2) is 6.39. The smallest absolute Gasteiger partial charge is 0.126 e. The fourth-order valence-corrected chi connectivity index (χ4v) is 1.97. The fraction of sp³-hybridized carbons (Fsp3) is 0.250. The summed E-state index contributed by atoms with van der Waals surface area (Å²) in [6.45, 7) is 1.59. The van der Waals surface area contributed by atoms with Crippen molar-refractivity contribution in [1.82, 2.24) is 0 Å². The minimum Gasteiger partial charge on any atom is -0.497 e. The van der Waals surface area contributed by atoms with Crippen LogP contribution in [0.3, 0.4) is 0 Å². The van der Waals surface area contributed by atoms with Gasteiger partial charge in [0.15, 0.2) is 0 Å². The number of benzene rings is 2. The van der Waals surface area contributed by atoms with Crippen LogP contribution in [0.1, 0.15) is 17.2 Å². The van der Waals surface area contributed by atoms with Gasteiger partial charge in [-0.05, 0) is 36.2 Å². The van der Waals surface area contributed by atoms with Gasteiger partial charge in [0.1, 0.15) is 11.6 Å². The van der Waals surface area contributed by atoms with Crippen LogP contribution in [0, 0.1) is 12.7 Å². The van der Waals surface area contributed by atoms with Crippen LogP contribution in [0.4, 0.5) is 10.1 Å². The summed E-state index contributed by atoms with van der Waals surface area (Å²) in [6.07, 6.45) is 0. The van der Waals surface area contributed by atoms with Crippen LogP contribution in [-0.4, -0.2) is 18.8 Å². The molecule has 2 rings (SSSR count). The summed E-state index contributed by atoms with van der Waals surface area (Å²) in [5, 5.41) is 12.7. The molecule has 0 heterocycles. The SMILES string of the molecule is COc1cccc(NC(CO)c2ccc(C)c(F)c2)c1. The molecule has 0 radical (unpaired) electrons. The van der Waals surface area contributed by atoms with E-state index >= 15 is 0 Å². The first kappa shape index (κ1) is 14.3. The van der Waals surface area contributed by atoms with Gasteiger partial charge in [-0.1, -0.05) is 18.2 Å². The van der Waals surface area contributed by atoms with Crippen molar-refractivity contribution in [3.63, 3.8) is 0 Å². The monoisotopic (exact) mass is 275 g/mol. The van der Waals surface area contributed by atoms with E-state index in [0.717, 1.165) is 11.4 Å². The minimum atomic E-state index is -0.364. The van der Waals surface area contributed by atoms with E-state index in [-0.39, 0.29) is 18.5 Å². The largest absolute Gasteiger partial charge is 0.497 e. The Morgan fingerprint density at radius 2 is 2.05 bits per heavy atom. The van der Waals surface area contributed by atoms with Crippen molar-refractivity contribution >= 4 is 5.69 Å². The number of anilines is 1. The molecule has 3 nitrogen and oxygen atoms in total. The quantitative estimate of drug-likeness (QED) is 0.879. The molecule has 1 unspecified atom stereocenters. The number of aliphatic hydroxyl groups is 1. The lowest BCUT2D eigenvalue weighted by Crippen LogP contribution is -2.15. The van der Waals surface area contributed by atoms with Crippen molar-refractivity contribution < 1.29 is 14.2 Å². The van der Waals surface area contributed by atoms with E-state index in [4.69, 9.17) is 4.74 Å². The molecule has 0 fully saturated rings. The highest BCUT2D eigenvalue weighted by Gasteiger charge is 2.12. The molecule has 0 bridgehead atoms. The van der Waals surface area contributed by atoms with E-state index in [0.29, 0.717) is 11.1 Å². The van der Waals surface area contributed by atoms with E-state index in [1.165, 1.54) is 6.07 Å². The van der Waals surface area contributed by atoms with Crippen molar-refractivity contribution in [3.8, 4) is 5.75 Å². The Bertz CT molecular complexity index is 586. The number of halogens is 1. The number of aryl methyl sites for hydroxylation is 1. The second-order valence-corrected chi connectivity index (χ2v) is 4.62. The van der Waals surface area contributed by atoms with Gasteiger partial charge in [-0.2, -0.15) is 0 Å². The zero-order valence-corrected chi connectivity index (χ0v) is 11.6. The lowest BCUT2D eigenvalue weighted by Gasteiger charge is -2.19. The third-order valence-electron chi connectivity index (χ3n) is 3.19. The summed E-state index contributed by atoms with van der Waals surface area (Å²) in [5.74, 6) is 0.454. The van der Waals surface area contributed by atoms with Crippen LogP contribution in [0.5, 0.6) is 5.75 Å². The minimum absolute atomic E-state index is 0.125. The maximum Gasteiger partial charge on any atom is 0.126 e. The predicted molar refractivity (Wildman–Crippen MR) is 77.6 cm³/mol. The molecule has 0 saturated heterocycles. The van der Waals surface area contributed by atoms with Crippen LogP contribution >= 0.6 is 0 Å². The molecule has 0 aliphatic carbocycles. The highest BCUT2D eigenvalue weighted by molar-refractivity contribution is 5.50. The van der Waals surface area contributed by atoms with E-state index in [1.807, 2.05) is 30.3 Å². The molecule has 0 spiro atoms. The van der Waals surface area contributed by atoms with Gasteiger partial charge in [-0.3, -0.25) is 0 Å². The van der Waals surface area contributed by atoms with E-state index in [9.17, 15) is 9.50 Å². The number of ether oxygens (including phenoxy) is 1. The van der Waals surface area contributed by atoms with Crippen LogP contribution in [-0.2, 0) is 0 Å². The fourth-order valence-electron chi connectivity index (χ4n) is 1.97. The predicted octanol–water partition coefficient (Wildman–Crippen LogP) is 3.29. The average Bonchev–Trinajstić information content (AvgIpc) is 2.48. The normalized spacial score (nSPS) is 12.0. The van der Waals surface area contributed by atoms with Crippen LogP contribution < -0.4 is 10.1 Å². The number of aliphatic hydroxyl groups excluding tert-OH is 1. The zero-order valence-electron chi connectivity index (χ0n) is 11.6. The number of methoxy groups -OCH3 is 1. The van der Waals surface area contributed by atoms with Gasteiger partial charge in [0, 0.05) is 11.8 Å². The molecular formula is C16H18FNO2. The van der Waals surface area contributed by atoms with Crippen molar-refractivity contribution in [1.29, 1.82) is 0 Å². The van der Waals surface area contributed by atoms with Crippen molar-refractivity contribution in [2.24, 2.45) is 0 Å². The molecule has 0 aliphatic rings. The van der Waals surface area contributed by atoms with Gasteiger partial charge in [0.25, 0.3) is 0 Å². The van der Waals surface area contributed by atoms with E-state index < -0.39 is 0 Å². The van der Waals surface area contributed by atoms with E-state index in [2.05, 4.69) is 5.32 Å². The third-order valence-corrected chi connectivity index (χ3v) is 3.19. The summed E-state index contributed by atoms with van der Waals surface area (Å²) < 4.78 is 18.8. The summed E-state index contributed by atoms with van der Waals surface area (Å²) in [7, 11) is 1.60. The molecule has 106 valence electrons. The Balaban J connectivity index is 2.21. The molecule has 0 saturated carbocycles. The number of rotatable bonds is 5. The standard InChI is InChI=1S/C16H18FNO2/c1-11-6-7-12(8-15(11)17)16(10-19)18-13-4-3-5-14(9-13)20-2/h3-9,16,18-19H,10H2,1-2H3. The van der Waals surface area contributed by atoms with Gasteiger partial charge in [-0.15, -0.1) is 0 Å². The Labute approximate surface area is 118 Å². The molecule has 0 amide bonds. The molecule has 0 aromatic heterocycles. The number of nitrogens with one attached hydrogen (secondary N) is 1. The van der Waals surface area contributed by atoms with Crippen molar-refractivity contribution in [2.45, 2.75) is 13.0 Å². The lowest BCUT2D eigenvalue weighted by molar-refractivity contribution is 0.276. The van der Waals surface area contributed by atoms with Crippen molar-refractivity contribution in [2.75, 3.05) is 19.0 Å². The highest BCUT2D eigenvalue weighted by atomic mass is 19.1.